The van der Waals surface area contributed by atoms with Crippen molar-refractivity contribution in [1.29, 1.82) is 0 Å². The van der Waals surface area contributed by atoms with E-state index in [2.05, 4.69) is 10.4 Å². The van der Waals surface area contributed by atoms with E-state index >= 15 is 0 Å². The second-order valence-corrected chi connectivity index (χ2v) is 6.74. The molecular weight excluding hydrogens is 453 g/mol. The van der Waals surface area contributed by atoms with Gasteiger partial charge in [-0.15, -0.1) is 0 Å². The number of hydrogen-bond donors (Lipinski definition) is 1. The number of ether oxygens (including phenoxy) is 1. The van der Waals surface area contributed by atoms with Gasteiger partial charge in [-0.1, -0.05) is 6.07 Å². The summed E-state index contributed by atoms with van der Waals surface area (Å²) in [5.74, 6) is -4.16. The summed E-state index contributed by atoms with van der Waals surface area (Å²) >= 11 is 0. The number of halogens is 5. The lowest BCUT2D eigenvalue weighted by Gasteiger charge is -2.13. The standard InChI is InChI=1S/C21H14F5N3O4/c1-11-5-17(30)19(28-29(11)16-4-2-3-12(6-16)21(24,25)26)20(32)33-10-18(31)27-15-8-13(22)7-14(23)9-15/h2-9H,10H2,1H3,(H,27,31). The topological polar surface area (TPSA) is 90.3 Å². The second kappa shape index (κ2) is 9.18. The Morgan fingerprint density at radius 3 is 2.36 bits per heavy atom. The summed E-state index contributed by atoms with van der Waals surface area (Å²) in [6, 6.07) is 7.28. The van der Waals surface area contributed by atoms with Gasteiger partial charge in [0.2, 0.25) is 11.1 Å². The second-order valence-electron chi connectivity index (χ2n) is 6.74. The number of rotatable bonds is 5. The Kier molecular flexibility index (Phi) is 6.56. The van der Waals surface area contributed by atoms with Crippen molar-refractivity contribution in [2.24, 2.45) is 0 Å². The van der Waals surface area contributed by atoms with Crippen LogP contribution in [0.15, 0.2) is 53.3 Å². The van der Waals surface area contributed by atoms with Gasteiger partial charge < -0.3 is 10.1 Å². The van der Waals surface area contributed by atoms with Gasteiger partial charge in [0, 0.05) is 23.5 Å². The first-order valence-corrected chi connectivity index (χ1v) is 9.16. The number of alkyl halides is 3. The molecule has 1 heterocycles. The summed E-state index contributed by atoms with van der Waals surface area (Å²) in [5.41, 5.74) is -2.77. The summed E-state index contributed by atoms with van der Waals surface area (Å²) < 4.78 is 71.0. The highest BCUT2D eigenvalue weighted by atomic mass is 19.4. The number of aromatic nitrogens is 2. The Bertz CT molecular complexity index is 1270. The molecule has 1 aromatic heterocycles. The van der Waals surface area contributed by atoms with Crippen LogP contribution in [0.2, 0.25) is 0 Å². The average molecular weight is 467 g/mol. The Balaban J connectivity index is 1.78. The number of carbonyl (C=O) groups excluding carboxylic acids is 2. The van der Waals surface area contributed by atoms with Crippen molar-refractivity contribution in [2.45, 2.75) is 13.1 Å². The predicted molar refractivity (Wildman–Crippen MR) is 105 cm³/mol. The molecule has 0 saturated heterocycles. The Hall–Kier alpha value is -4.09. The molecule has 0 spiro atoms. The van der Waals surface area contributed by atoms with Crippen LogP contribution in [0.25, 0.3) is 5.69 Å². The number of aryl methyl sites for hydroxylation is 1. The van der Waals surface area contributed by atoms with Gasteiger partial charge in [0.25, 0.3) is 5.91 Å². The fourth-order valence-electron chi connectivity index (χ4n) is 2.79. The summed E-state index contributed by atoms with van der Waals surface area (Å²) in [6.07, 6.45) is -4.62. The fraction of sp³-hybridized carbons (Fsp3) is 0.143. The van der Waals surface area contributed by atoms with E-state index < -0.39 is 53.0 Å². The summed E-state index contributed by atoms with van der Waals surface area (Å²) in [6.45, 7) is 0.477. The van der Waals surface area contributed by atoms with E-state index in [1.54, 1.807) is 0 Å². The lowest BCUT2D eigenvalue weighted by Crippen LogP contribution is -2.27. The molecule has 1 amide bonds. The zero-order valence-corrected chi connectivity index (χ0v) is 16.7. The van der Waals surface area contributed by atoms with E-state index in [4.69, 9.17) is 4.74 Å². The molecule has 33 heavy (non-hydrogen) atoms. The third-order valence-corrected chi connectivity index (χ3v) is 4.20. The first-order valence-electron chi connectivity index (χ1n) is 9.16. The van der Waals surface area contributed by atoms with Crippen molar-refractivity contribution in [3.8, 4) is 5.69 Å². The minimum atomic E-state index is -4.62. The molecule has 0 fully saturated rings. The van der Waals surface area contributed by atoms with Crippen molar-refractivity contribution in [3.05, 3.63) is 87.3 Å². The molecule has 12 heteroatoms. The van der Waals surface area contributed by atoms with Crippen molar-refractivity contribution in [3.63, 3.8) is 0 Å². The van der Waals surface area contributed by atoms with Gasteiger partial charge in [-0.25, -0.2) is 18.3 Å². The molecule has 0 unspecified atom stereocenters. The van der Waals surface area contributed by atoms with Gasteiger partial charge in [0.1, 0.15) is 11.6 Å². The highest BCUT2D eigenvalue weighted by molar-refractivity contribution is 5.94. The number of carbonyl (C=O) groups is 2. The van der Waals surface area contributed by atoms with E-state index in [0.29, 0.717) is 6.07 Å². The number of nitrogens with one attached hydrogen (secondary N) is 1. The number of benzene rings is 2. The number of nitrogens with zero attached hydrogens (tertiary/aromatic N) is 2. The van der Waals surface area contributed by atoms with Crippen molar-refractivity contribution >= 4 is 17.6 Å². The zero-order valence-electron chi connectivity index (χ0n) is 16.7. The lowest BCUT2D eigenvalue weighted by atomic mass is 10.2. The summed E-state index contributed by atoms with van der Waals surface area (Å²) in [4.78, 5) is 36.3. The van der Waals surface area contributed by atoms with E-state index in [0.717, 1.165) is 41.1 Å². The van der Waals surface area contributed by atoms with Crippen LogP contribution in [0.3, 0.4) is 0 Å². The molecule has 172 valence electrons. The SMILES string of the molecule is Cc1cc(=O)c(C(=O)OCC(=O)Nc2cc(F)cc(F)c2)nn1-c1cccc(C(F)(F)F)c1. The minimum absolute atomic E-state index is 0.0674. The Morgan fingerprint density at radius 1 is 1.06 bits per heavy atom. The lowest BCUT2D eigenvalue weighted by molar-refractivity contribution is -0.137. The number of anilines is 1. The van der Waals surface area contributed by atoms with Crippen LogP contribution in [0.4, 0.5) is 27.6 Å². The Morgan fingerprint density at radius 2 is 1.73 bits per heavy atom. The smallest absolute Gasteiger partial charge is 0.416 e. The molecule has 1 N–H and O–H groups in total. The minimum Gasteiger partial charge on any atom is -0.451 e. The third-order valence-electron chi connectivity index (χ3n) is 4.20. The summed E-state index contributed by atoms with van der Waals surface area (Å²) in [5, 5.41) is 5.89. The molecule has 7 nitrogen and oxygen atoms in total. The number of amides is 1. The third kappa shape index (κ3) is 5.79. The van der Waals surface area contributed by atoms with Crippen molar-refractivity contribution in [2.75, 3.05) is 11.9 Å². The monoisotopic (exact) mass is 467 g/mol. The molecule has 0 aliphatic carbocycles. The van der Waals surface area contributed by atoms with E-state index in [1.807, 2.05) is 0 Å². The Labute approximate surface area is 182 Å². The van der Waals surface area contributed by atoms with E-state index in [9.17, 15) is 36.3 Å². The van der Waals surface area contributed by atoms with Crippen LogP contribution in [0.1, 0.15) is 21.7 Å². The van der Waals surface area contributed by atoms with Crippen LogP contribution >= 0.6 is 0 Å². The largest absolute Gasteiger partial charge is 0.451 e. The van der Waals surface area contributed by atoms with Gasteiger partial charge in [0.05, 0.1) is 11.3 Å². The van der Waals surface area contributed by atoms with Gasteiger partial charge in [-0.3, -0.25) is 9.59 Å². The summed E-state index contributed by atoms with van der Waals surface area (Å²) in [7, 11) is 0. The molecule has 0 aliphatic rings. The molecular formula is C21H14F5N3O4. The maximum atomic E-state index is 13.2. The van der Waals surface area contributed by atoms with E-state index in [-0.39, 0.29) is 17.1 Å². The van der Waals surface area contributed by atoms with Crippen LogP contribution in [0, 0.1) is 18.6 Å². The van der Waals surface area contributed by atoms with Crippen LogP contribution < -0.4 is 10.7 Å². The highest BCUT2D eigenvalue weighted by Crippen LogP contribution is 2.30. The number of hydrogen-bond acceptors (Lipinski definition) is 5. The molecule has 0 radical (unpaired) electrons. The molecule has 3 rings (SSSR count). The van der Waals surface area contributed by atoms with E-state index in [1.165, 1.54) is 13.0 Å². The van der Waals surface area contributed by atoms with Crippen LogP contribution in [-0.4, -0.2) is 28.3 Å². The molecule has 2 aromatic carbocycles. The molecule has 0 saturated carbocycles. The van der Waals surface area contributed by atoms with Gasteiger partial charge in [-0.2, -0.15) is 18.3 Å². The number of esters is 1. The molecule has 3 aromatic rings. The molecule has 0 bridgehead atoms. The van der Waals surface area contributed by atoms with Crippen molar-refractivity contribution < 1.29 is 36.3 Å². The molecule has 0 aliphatic heterocycles. The average Bonchev–Trinajstić information content (AvgIpc) is 2.71. The van der Waals surface area contributed by atoms with Crippen molar-refractivity contribution in [1.82, 2.24) is 9.78 Å². The maximum absolute atomic E-state index is 13.2. The zero-order chi connectivity index (χ0) is 24.3. The molecule has 0 atom stereocenters. The fourth-order valence-corrected chi connectivity index (χ4v) is 2.79. The van der Waals surface area contributed by atoms with Crippen LogP contribution in [-0.2, 0) is 15.7 Å². The maximum Gasteiger partial charge on any atom is 0.416 e. The highest BCUT2D eigenvalue weighted by Gasteiger charge is 2.30. The normalized spacial score (nSPS) is 11.2. The van der Waals surface area contributed by atoms with Gasteiger partial charge in [0.15, 0.2) is 6.61 Å². The van der Waals surface area contributed by atoms with Gasteiger partial charge in [-0.05, 0) is 37.3 Å². The predicted octanol–water partition coefficient (Wildman–Crippen LogP) is 3.63. The first kappa shape index (κ1) is 23.6. The first-order chi connectivity index (χ1) is 15.4. The van der Waals surface area contributed by atoms with Crippen LogP contribution in [0.5, 0.6) is 0 Å². The quantitative estimate of drug-likeness (QED) is 0.457. The van der Waals surface area contributed by atoms with Gasteiger partial charge >= 0.3 is 12.1 Å².